The monoisotopic (exact) mass is 303 g/mol. The lowest BCUT2D eigenvalue weighted by Gasteiger charge is -2.18. The fraction of sp³-hybridized carbons (Fsp3) is 0.417. The molecule has 1 amide bonds. The fourth-order valence-electron chi connectivity index (χ4n) is 1.67. The number of hydrogen-bond donors (Lipinski definition) is 2. The second kappa shape index (κ2) is 6.67. The molecule has 1 rings (SSSR count). The van der Waals surface area contributed by atoms with Crippen LogP contribution in [0.2, 0.25) is 0 Å². The standard InChI is InChI=1S/C12H18FN3O3S/c1-3-16(4-2)11(17)8-15-20(18,19)10-7-5-6-9(13)12(10)14/h5-7,15H,3-4,8,14H2,1-2H3. The van der Waals surface area contributed by atoms with E-state index >= 15 is 0 Å². The largest absolute Gasteiger partial charge is 0.395 e. The van der Waals surface area contributed by atoms with E-state index < -0.39 is 21.5 Å². The van der Waals surface area contributed by atoms with Gasteiger partial charge in [0, 0.05) is 13.1 Å². The van der Waals surface area contributed by atoms with Crippen molar-refractivity contribution in [3.05, 3.63) is 24.0 Å². The summed E-state index contributed by atoms with van der Waals surface area (Å²) in [5, 5.41) is 0. The zero-order valence-electron chi connectivity index (χ0n) is 11.4. The minimum atomic E-state index is -4.02. The summed E-state index contributed by atoms with van der Waals surface area (Å²) < 4.78 is 39.3. The number of amides is 1. The molecular weight excluding hydrogens is 285 g/mol. The molecule has 0 radical (unpaired) electrons. The van der Waals surface area contributed by atoms with Gasteiger partial charge in [-0.2, -0.15) is 0 Å². The molecule has 0 aliphatic heterocycles. The SMILES string of the molecule is CCN(CC)C(=O)CNS(=O)(=O)c1cccc(F)c1N. The number of nitrogen functional groups attached to an aromatic ring is 1. The van der Waals surface area contributed by atoms with Crippen LogP contribution in [0.15, 0.2) is 23.1 Å². The van der Waals surface area contributed by atoms with Gasteiger partial charge in [-0.25, -0.2) is 17.5 Å². The lowest BCUT2D eigenvalue weighted by Crippen LogP contribution is -2.40. The van der Waals surface area contributed by atoms with E-state index in [1.165, 1.54) is 17.0 Å². The van der Waals surface area contributed by atoms with E-state index in [4.69, 9.17) is 5.73 Å². The maximum atomic E-state index is 13.3. The van der Waals surface area contributed by atoms with Gasteiger partial charge in [0.25, 0.3) is 0 Å². The molecule has 0 heterocycles. The molecule has 8 heteroatoms. The van der Waals surface area contributed by atoms with Crippen LogP contribution in [-0.2, 0) is 14.8 Å². The van der Waals surface area contributed by atoms with Crippen molar-refractivity contribution in [2.45, 2.75) is 18.7 Å². The third-order valence-electron chi connectivity index (χ3n) is 2.83. The van der Waals surface area contributed by atoms with Crippen LogP contribution in [0.4, 0.5) is 10.1 Å². The lowest BCUT2D eigenvalue weighted by molar-refractivity contribution is -0.129. The molecule has 0 aliphatic rings. The second-order valence-corrected chi connectivity index (χ2v) is 5.78. The van der Waals surface area contributed by atoms with Crippen molar-refractivity contribution in [1.29, 1.82) is 0 Å². The van der Waals surface area contributed by atoms with Crippen LogP contribution in [0.5, 0.6) is 0 Å². The van der Waals surface area contributed by atoms with Crippen LogP contribution in [-0.4, -0.2) is 38.9 Å². The Balaban J connectivity index is 2.86. The van der Waals surface area contributed by atoms with Crippen molar-refractivity contribution in [2.75, 3.05) is 25.4 Å². The highest BCUT2D eigenvalue weighted by Gasteiger charge is 2.21. The van der Waals surface area contributed by atoms with E-state index in [1.807, 2.05) is 0 Å². The maximum absolute atomic E-state index is 13.3. The maximum Gasteiger partial charge on any atom is 0.243 e. The third-order valence-corrected chi connectivity index (χ3v) is 4.29. The van der Waals surface area contributed by atoms with Crippen LogP contribution in [0.3, 0.4) is 0 Å². The van der Waals surface area contributed by atoms with Crippen LogP contribution in [0.1, 0.15) is 13.8 Å². The van der Waals surface area contributed by atoms with Gasteiger partial charge in [0.1, 0.15) is 10.7 Å². The average molecular weight is 303 g/mol. The Bertz CT molecular complexity index is 586. The van der Waals surface area contributed by atoms with Crippen molar-refractivity contribution < 1.29 is 17.6 Å². The van der Waals surface area contributed by atoms with E-state index in [2.05, 4.69) is 4.72 Å². The van der Waals surface area contributed by atoms with Crippen molar-refractivity contribution in [1.82, 2.24) is 9.62 Å². The molecule has 0 fully saturated rings. The minimum Gasteiger partial charge on any atom is -0.395 e. The molecule has 0 saturated carbocycles. The summed E-state index contributed by atoms with van der Waals surface area (Å²) in [7, 11) is -4.02. The molecule has 0 saturated heterocycles. The number of nitrogens with zero attached hydrogens (tertiary/aromatic N) is 1. The summed E-state index contributed by atoms with van der Waals surface area (Å²) in [5.74, 6) is -1.17. The molecule has 0 unspecified atom stereocenters. The van der Waals surface area contributed by atoms with Gasteiger partial charge in [-0.05, 0) is 26.0 Å². The van der Waals surface area contributed by atoms with Crippen molar-refractivity contribution in [2.24, 2.45) is 0 Å². The van der Waals surface area contributed by atoms with Gasteiger partial charge in [-0.15, -0.1) is 0 Å². The van der Waals surface area contributed by atoms with Crippen LogP contribution >= 0.6 is 0 Å². The van der Waals surface area contributed by atoms with Crippen molar-refractivity contribution in [3.8, 4) is 0 Å². The number of carbonyl (C=O) groups is 1. The Labute approximate surface area is 117 Å². The molecule has 6 nitrogen and oxygen atoms in total. The van der Waals surface area contributed by atoms with E-state index in [-0.39, 0.29) is 17.3 Å². The highest BCUT2D eigenvalue weighted by atomic mass is 32.2. The van der Waals surface area contributed by atoms with Crippen LogP contribution in [0, 0.1) is 5.82 Å². The number of halogens is 1. The van der Waals surface area contributed by atoms with Gasteiger partial charge >= 0.3 is 0 Å². The highest BCUT2D eigenvalue weighted by molar-refractivity contribution is 7.89. The van der Waals surface area contributed by atoms with E-state index in [0.29, 0.717) is 13.1 Å². The zero-order valence-corrected chi connectivity index (χ0v) is 12.2. The summed E-state index contributed by atoms with van der Waals surface area (Å²) in [6.45, 7) is 4.17. The smallest absolute Gasteiger partial charge is 0.243 e. The number of sulfonamides is 1. The van der Waals surface area contributed by atoms with Crippen molar-refractivity contribution >= 4 is 21.6 Å². The first kappa shape index (κ1) is 16.4. The number of likely N-dealkylation sites (N-methyl/N-ethyl adjacent to an activating group) is 1. The summed E-state index contributed by atoms with van der Waals surface area (Å²) in [6, 6.07) is 3.49. The second-order valence-electron chi connectivity index (χ2n) is 4.04. The predicted molar refractivity (Wildman–Crippen MR) is 73.9 cm³/mol. The quantitative estimate of drug-likeness (QED) is 0.751. The molecule has 0 aliphatic carbocycles. The number of anilines is 1. The first-order chi connectivity index (χ1) is 9.33. The first-order valence-electron chi connectivity index (χ1n) is 6.14. The number of carbonyl (C=O) groups excluding carboxylic acids is 1. The fourth-order valence-corrected chi connectivity index (χ4v) is 2.79. The molecule has 112 valence electrons. The molecule has 1 aromatic carbocycles. The zero-order chi connectivity index (χ0) is 15.3. The van der Waals surface area contributed by atoms with Gasteiger partial charge < -0.3 is 10.6 Å². The third kappa shape index (κ3) is 3.67. The van der Waals surface area contributed by atoms with Gasteiger partial charge in [-0.1, -0.05) is 6.07 Å². The normalized spacial score (nSPS) is 11.3. The molecule has 0 bridgehead atoms. The predicted octanol–water partition coefficient (Wildman–Crippen LogP) is 0.555. The summed E-state index contributed by atoms with van der Waals surface area (Å²) >= 11 is 0. The number of rotatable bonds is 6. The van der Waals surface area contributed by atoms with Crippen LogP contribution < -0.4 is 10.5 Å². The highest BCUT2D eigenvalue weighted by Crippen LogP contribution is 2.20. The number of hydrogen-bond acceptors (Lipinski definition) is 4. The Hall–Kier alpha value is -1.67. The summed E-state index contributed by atoms with van der Waals surface area (Å²) in [5.41, 5.74) is 4.94. The van der Waals surface area contributed by atoms with Gasteiger partial charge in [0.2, 0.25) is 15.9 Å². The van der Waals surface area contributed by atoms with Crippen LogP contribution in [0.25, 0.3) is 0 Å². The Morgan fingerprint density at radius 2 is 1.95 bits per heavy atom. The number of nitrogens with one attached hydrogen (secondary N) is 1. The van der Waals surface area contributed by atoms with E-state index in [0.717, 1.165) is 6.07 Å². The summed E-state index contributed by atoms with van der Waals surface area (Å²) in [6.07, 6.45) is 0. The van der Waals surface area contributed by atoms with Crippen molar-refractivity contribution in [3.63, 3.8) is 0 Å². The molecule has 0 aromatic heterocycles. The lowest BCUT2D eigenvalue weighted by atomic mass is 10.3. The molecule has 1 aromatic rings. The Kier molecular flexibility index (Phi) is 5.46. The molecule has 0 atom stereocenters. The number of para-hydroxylation sites is 1. The van der Waals surface area contributed by atoms with Gasteiger partial charge in [0.05, 0.1) is 12.2 Å². The van der Waals surface area contributed by atoms with Gasteiger partial charge in [-0.3, -0.25) is 4.79 Å². The van der Waals surface area contributed by atoms with E-state index in [9.17, 15) is 17.6 Å². The topological polar surface area (TPSA) is 92.5 Å². The molecule has 3 N–H and O–H groups in total. The number of benzene rings is 1. The van der Waals surface area contributed by atoms with Gasteiger partial charge in [0.15, 0.2) is 0 Å². The van der Waals surface area contributed by atoms with E-state index in [1.54, 1.807) is 13.8 Å². The number of nitrogens with two attached hydrogens (primary N) is 1. The first-order valence-corrected chi connectivity index (χ1v) is 7.63. The molecule has 20 heavy (non-hydrogen) atoms. The average Bonchev–Trinajstić information content (AvgIpc) is 2.41. The Morgan fingerprint density at radius 3 is 2.50 bits per heavy atom. The summed E-state index contributed by atoms with van der Waals surface area (Å²) in [4.78, 5) is 12.8. The minimum absolute atomic E-state index is 0.353. The Morgan fingerprint density at radius 1 is 1.35 bits per heavy atom. The molecular formula is C12H18FN3O3S. The molecule has 0 spiro atoms.